The smallest absolute Gasteiger partial charge is 0.0553 e. The molecule has 0 saturated heterocycles. The van der Waals surface area contributed by atoms with Gasteiger partial charge in [-0.15, -0.1) is 0 Å². The molecule has 0 aliphatic heterocycles. The predicted octanol–water partition coefficient (Wildman–Crippen LogP) is 17.8. The maximum Gasteiger partial charge on any atom is 0.0553 e. The summed E-state index contributed by atoms with van der Waals surface area (Å²) in [5.41, 5.74) is 13.3. The maximum absolute atomic E-state index is 2.57. The molecule has 0 atom stereocenters. The molecule has 65 heavy (non-hydrogen) atoms. The van der Waals surface area contributed by atoms with Gasteiger partial charge in [-0.05, 0) is 162 Å². The molecule has 0 spiro atoms. The van der Waals surface area contributed by atoms with Crippen molar-refractivity contribution in [1.29, 1.82) is 0 Å². The van der Waals surface area contributed by atoms with Crippen molar-refractivity contribution in [2.75, 3.05) is 0 Å². The van der Waals surface area contributed by atoms with Crippen molar-refractivity contribution in [3.63, 3.8) is 0 Å². The van der Waals surface area contributed by atoms with Crippen molar-refractivity contribution < 1.29 is 0 Å². The fourth-order valence-corrected chi connectivity index (χ4v) is 11.7. The molecule has 0 aliphatic rings. The molecule has 0 fully saturated rings. The van der Waals surface area contributed by atoms with E-state index >= 15 is 0 Å². The SMILES string of the molecule is c1ccc(-c2cc(-c3ccccc3)cc(-n3c4cc(-c5ccc6ccc7cccc8ccc5c6c78)cc5ccc6cc(-c7ccc8ccc9cccc%10ccc7c8c9%10)cc3c6c54)c2)cc1. The molecular formula is C64H37N. The Bertz CT molecular complexity index is 4070. The zero-order chi connectivity index (χ0) is 42.3. The van der Waals surface area contributed by atoms with E-state index in [0.29, 0.717) is 0 Å². The summed E-state index contributed by atoms with van der Waals surface area (Å²) in [6, 6.07) is 84.4. The summed E-state index contributed by atoms with van der Waals surface area (Å²) >= 11 is 0. The summed E-state index contributed by atoms with van der Waals surface area (Å²) in [5.74, 6) is 0. The van der Waals surface area contributed by atoms with E-state index in [1.54, 1.807) is 0 Å². The van der Waals surface area contributed by atoms with Crippen LogP contribution in [-0.2, 0) is 0 Å². The minimum atomic E-state index is 1.14. The van der Waals surface area contributed by atoms with Crippen LogP contribution >= 0.6 is 0 Å². The van der Waals surface area contributed by atoms with Crippen molar-refractivity contribution in [3.8, 4) is 50.2 Å². The van der Waals surface area contributed by atoms with Gasteiger partial charge in [-0.2, -0.15) is 0 Å². The molecule has 0 aliphatic carbocycles. The van der Waals surface area contributed by atoms with Crippen LogP contribution in [0.15, 0.2) is 224 Å². The number of aromatic nitrogens is 1. The normalized spacial score (nSPS) is 12.3. The number of rotatable bonds is 5. The number of hydrogen-bond acceptors (Lipinski definition) is 0. The maximum atomic E-state index is 2.57. The lowest BCUT2D eigenvalue weighted by Crippen LogP contribution is -1.97. The van der Waals surface area contributed by atoms with Gasteiger partial charge >= 0.3 is 0 Å². The van der Waals surface area contributed by atoms with Gasteiger partial charge in [-0.1, -0.05) is 182 Å². The summed E-state index contributed by atoms with van der Waals surface area (Å²) in [5, 5.41) is 20.7. The Morgan fingerprint density at radius 2 is 0.600 bits per heavy atom. The predicted molar refractivity (Wildman–Crippen MR) is 279 cm³/mol. The third-order valence-electron chi connectivity index (χ3n) is 14.5. The van der Waals surface area contributed by atoms with Crippen molar-refractivity contribution in [1.82, 2.24) is 4.57 Å². The Morgan fingerprint density at radius 1 is 0.215 bits per heavy atom. The van der Waals surface area contributed by atoms with Gasteiger partial charge in [0.25, 0.3) is 0 Å². The number of hydrogen-bond donors (Lipinski definition) is 0. The molecule has 1 aromatic heterocycles. The molecule has 298 valence electrons. The molecule has 14 aromatic carbocycles. The first kappa shape index (κ1) is 35.0. The van der Waals surface area contributed by atoms with Gasteiger partial charge in [0.1, 0.15) is 0 Å². The average molecular weight is 820 g/mol. The van der Waals surface area contributed by atoms with Crippen molar-refractivity contribution in [3.05, 3.63) is 224 Å². The Hall–Kier alpha value is -8.52. The van der Waals surface area contributed by atoms with E-state index in [-0.39, 0.29) is 0 Å². The summed E-state index contributed by atoms with van der Waals surface area (Å²) in [6.07, 6.45) is 0. The molecule has 0 bridgehead atoms. The summed E-state index contributed by atoms with van der Waals surface area (Å²) in [4.78, 5) is 0. The first-order chi connectivity index (χ1) is 32.2. The highest BCUT2D eigenvalue weighted by atomic mass is 15.0. The molecule has 15 rings (SSSR count). The van der Waals surface area contributed by atoms with E-state index < -0.39 is 0 Å². The second-order valence-electron chi connectivity index (χ2n) is 18.0. The van der Waals surface area contributed by atoms with Crippen LogP contribution in [0.25, 0.3) is 147 Å². The summed E-state index contributed by atoms with van der Waals surface area (Å²) in [6.45, 7) is 0. The first-order valence-electron chi connectivity index (χ1n) is 22.6. The van der Waals surface area contributed by atoms with Gasteiger partial charge in [-0.3, -0.25) is 0 Å². The largest absolute Gasteiger partial charge is 0.309 e. The molecule has 15 aromatic rings. The topological polar surface area (TPSA) is 4.93 Å². The van der Waals surface area contributed by atoms with Gasteiger partial charge in [0, 0.05) is 16.5 Å². The fraction of sp³-hybridized carbons (Fsp3) is 0. The quantitative estimate of drug-likeness (QED) is 0.152. The summed E-state index contributed by atoms with van der Waals surface area (Å²) < 4.78 is 2.57. The average Bonchev–Trinajstić information content (AvgIpc) is 3.71. The van der Waals surface area contributed by atoms with Gasteiger partial charge in [0.2, 0.25) is 0 Å². The van der Waals surface area contributed by atoms with E-state index in [9.17, 15) is 0 Å². The molecule has 1 heteroatoms. The number of benzene rings is 14. The van der Waals surface area contributed by atoms with Gasteiger partial charge < -0.3 is 4.57 Å². The lowest BCUT2D eigenvalue weighted by Gasteiger charge is -2.16. The lowest BCUT2D eigenvalue weighted by atomic mass is 9.88. The second kappa shape index (κ2) is 13.0. The Kier molecular flexibility index (Phi) is 7.01. The molecular weight excluding hydrogens is 783 g/mol. The standard InChI is InChI=1S/C64H37N/c1-3-9-38(10-4-1)48-33-49(39-11-5-2-6-12-39)35-52(34-48)65-57-36-50(53-27-23-44-19-17-40-13-7-15-42-25-29-55(53)61(44)59(40)42)31-46-21-22-47-32-51(37-58(65)64(47)63(46)57)54-28-24-45-20-18-41-14-8-16-43-26-30-56(54)62(45)60(41)43/h1-37H. The first-order valence-corrected chi connectivity index (χ1v) is 22.6. The highest BCUT2D eigenvalue weighted by Crippen LogP contribution is 2.47. The third-order valence-corrected chi connectivity index (χ3v) is 14.5. The Balaban J connectivity index is 1.06. The molecule has 0 saturated carbocycles. The molecule has 1 nitrogen and oxygen atoms in total. The second-order valence-corrected chi connectivity index (χ2v) is 18.0. The van der Waals surface area contributed by atoms with E-state index in [0.717, 1.165) is 5.69 Å². The van der Waals surface area contributed by atoms with Crippen LogP contribution in [0.4, 0.5) is 0 Å². The highest BCUT2D eigenvalue weighted by molar-refractivity contribution is 6.30. The van der Waals surface area contributed by atoms with Crippen molar-refractivity contribution in [2.45, 2.75) is 0 Å². The lowest BCUT2D eigenvalue weighted by molar-refractivity contribution is 1.18. The van der Waals surface area contributed by atoms with Crippen LogP contribution in [0.2, 0.25) is 0 Å². The molecule has 0 amide bonds. The zero-order valence-corrected chi connectivity index (χ0v) is 35.3. The Morgan fingerprint density at radius 3 is 1.05 bits per heavy atom. The van der Waals surface area contributed by atoms with Crippen LogP contribution in [0.1, 0.15) is 0 Å². The van der Waals surface area contributed by atoms with Gasteiger partial charge in [0.05, 0.1) is 11.0 Å². The molecule has 0 unspecified atom stereocenters. The highest BCUT2D eigenvalue weighted by Gasteiger charge is 2.23. The van der Waals surface area contributed by atoms with E-state index in [4.69, 9.17) is 0 Å². The molecule has 1 heterocycles. The fourth-order valence-electron chi connectivity index (χ4n) is 11.7. The molecule has 0 N–H and O–H groups in total. The minimum Gasteiger partial charge on any atom is -0.309 e. The van der Waals surface area contributed by atoms with E-state index in [1.807, 2.05) is 0 Å². The Labute approximate surface area is 374 Å². The van der Waals surface area contributed by atoms with Gasteiger partial charge in [0.15, 0.2) is 0 Å². The number of nitrogens with zero attached hydrogens (tertiary/aromatic N) is 1. The minimum absolute atomic E-state index is 1.14. The van der Waals surface area contributed by atoms with E-state index in [1.165, 1.54) is 142 Å². The van der Waals surface area contributed by atoms with E-state index in [2.05, 4.69) is 229 Å². The van der Waals surface area contributed by atoms with Crippen LogP contribution in [0, 0.1) is 0 Å². The van der Waals surface area contributed by atoms with Crippen LogP contribution < -0.4 is 0 Å². The van der Waals surface area contributed by atoms with Crippen molar-refractivity contribution >= 4 is 97.2 Å². The molecule has 0 radical (unpaired) electrons. The van der Waals surface area contributed by atoms with Gasteiger partial charge in [-0.25, -0.2) is 0 Å². The van der Waals surface area contributed by atoms with Crippen molar-refractivity contribution in [2.24, 2.45) is 0 Å². The van der Waals surface area contributed by atoms with Crippen LogP contribution in [-0.4, -0.2) is 4.57 Å². The zero-order valence-electron chi connectivity index (χ0n) is 35.3. The monoisotopic (exact) mass is 819 g/mol. The third kappa shape index (κ3) is 4.98. The summed E-state index contributed by atoms with van der Waals surface area (Å²) in [7, 11) is 0. The van der Waals surface area contributed by atoms with Crippen LogP contribution in [0.3, 0.4) is 0 Å². The van der Waals surface area contributed by atoms with Crippen LogP contribution in [0.5, 0.6) is 0 Å².